The number of aromatic hydroxyl groups is 2. The van der Waals surface area contributed by atoms with E-state index in [1.54, 1.807) is 0 Å². The standard InChI is InChI=1S/C16H20N10O3/c17-6-1-2-4(9(20)7(18)3(1)8(19)11(22)10(6)21)14-5(13(28)12(2)27)15(23,24)16(25,26)29-14/h18,20,27-28H,17,19,21-26H2. The molecular formula is C16H20N10O3. The van der Waals surface area contributed by atoms with Gasteiger partial charge in [0.25, 0.3) is 0 Å². The fraction of sp³-hybridized carbons (Fsp3) is 0.125. The molecule has 1 aliphatic carbocycles. The lowest BCUT2D eigenvalue weighted by atomic mass is 9.77. The number of phenolic OH excluding ortho intramolecular Hbond substituents is 2. The molecule has 152 valence electrons. The van der Waals surface area contributed by atoms with Crippen molar-refractivity contribution >= 4 is 34.2 Å². The zero-order valence-electron chi connectivity index (χ0n) is 14.9. The third-order valence-corrected chi connectivity index (χ3v) is 5.39. The van der Waals surface area contributed by atoms with E-state index in [4.69, 9.17) is 61.4 Å². The number of nitrogens with one attached hydrogen (secondary N) is 2. The number of nitrogen functional groups attached to an aromatic ring is 4. The van der Waals surface area contributed by atoms with Gasteiger partial charge in [0.05, 0.1) is 45.3 Å². The number of ether oxygens (including phenoxy) is 1. The van der Waals surface area contributed by atoms with E-state index < -0.39 is 28.7 Å². The van der Waals surface area contributed by atoms with Crippen LogP contribution in [0.4, 0.5) is 22.7 Å². The molecule has 0 saturated heterocycles. The lowest BCUT2D eigenvalue weighted by molar-refractivity contribution is 0.0325. The van der Waals surface area contributed by atoms with Crippen LogP contribution in [0.5, 0.6) is 17.2 Å². The Morgan fingerprint density at radius 2 is 1.14 bits per heavy atom. The normalized spacial score (nSPS) is 18.1. The van der Waals surface area contributed by atoms with Gasteiger partial charge in [-0.05, 0) is 0 Å². The summed E-state index contributed by atoms with van der Waals surface area (Å²) in [6.07, 6.45) is 0. The van der Waals surface area contributed by atoms with E-state index in [2.05, 4.69) is 0 Å². The van der Waals surface area contributed by atoms with Crippen LogP contribution in [0.3, 0.4) is 0 Å². The fourth-order valence-corrected chi connectivity index (χ4v) is 3.72. The van der Waals surface area contributed by atoms with Crippen LogP contribution in [0.25, 0.3) is 11.1 Å². The van der Waals surface area contributed by atoms with Gasteiger partial charge < -0.3 is 49.4 Å². The molecule has 0 bridgehead atoms. The van der Waals surface area contributed by atoms with Crippen molar-refractivity contribution in [3.8, 4) is 28.4 Å². The first-order valence-electron chi connectivity index (χ1n) is 8.16. The fourth-order valence-electron chi connectivity index (χ4n) is 3.72. The Balaban J connectivity index is 2.26. The largest absolute Gasteiger partial charge is 0.504 e. The molecule has 0 spiro atoms. The molecule has 2 aromatic rings. The summed E-state index contributed by atoms with van der Waals surface area (Å²) in [5, 5.41) is 38.3. The molecule has 4 rings (SSSR count). The first-order valence-corrected chi connectivity index (χ1v) is 8.16. The molecule has 1 aliphatic heterocycles. The molecule has 0 aromatic heterocycles. The van der Waals surface area contributed by atoms with Crippen molar-refractivity contribution in [3.05, 3.63) is 16.7 Å². The summed E-state index contributed by atoms with van der Waals surface area (Å²) in [4.78, 5) is 0. The van der Waals surface area contributed by atoms with Gasteiger partial charge in [-0.1, -0.05) is 0 Å². The number of rotatable bonds is 0. The van der Waals surface area contributed by atoms with Gasteiger partial charge >= 0.3 is 0 Å². The third-order valence-electron chi connectivity index (χ3n) is 5.39. The van der Waals surface area contributed by atoms with Crippen molar-refractivity contribution < 1.29 is 14.9 Å². The van der Waals surface area contributed by atoms with Gasteiger partial charge in [0.15, 0.2) is 17.2 Å². The SMILES string of the molecule is N=C1C(=N)c2c3c(c(O)c(O)c2-c2c(N)c(N)c(N)c(N)c21)C(N)(N)C(N)(N)O3. The molecule has 0 radical (unpaired) electrons. The molecule has 2 aromatic carbocycles. The highest BCUT2D eigenvalue weighted by Crippen LogP contribution is 2.58. The van der Waals surface area contributed by atoms with Crippen molar-refractivity contribution in [1.82, 2.24) is 0 Å². The second-order valence-corrected chi connectivity index (χ2v) is 7.07. The number of fused-ring (bicyclic) bond motifs is 5. The van der Waals surface area contributed by atoms with Crippen molar-refractivity contribution in [1.29, 1.82) is 10.8 Å². The van der Waals surface area contributed by atoms with Gasteiger partial charge in [-0.15, -0.1) is 0 Å². The smallest absolute Gasteiger partial charge is 0.249 e. The average Bonchev–Trinajstić information content (AvgIpc) is 2.82. The van der Waals surface area contributed by atoms with E-state index in [1.807, 2.05) is 0 Å². The van der Waals surface area contributed by atoms with E-state index in [-0.39, 0.29) is 62.0 Å². The van der Waals surface area contributed by atoms with Crippen LogP contribution < -0.4 is 50.6 Å². The van der Waals surface area contributed by atoms with E-state index >= 15 is 0 Å². The van der Waals surface area contributed by atoms with Crippen molar-refractivity contribution in [2.75, 3.05) is 22.9 Å². The predicted molar refractivity (Wildman–Crippen MR) is 108 cm³/mol. The Labute approximate surface area is 163 Å². The Bertz CT molecular complexity index is 1180. The van der Waals surface area contributed by atoms with Crippen LogP contribution in [0.15, 0.2) is 0 Å². The van der Waals surface area contributed by atoms with E-state index in [0.717, 1.165) is 0 Å². The minimum atomic E-state index is -2.19. The molecule has 13 nitrogen and oxygen atoms in total. The number of hydrogen-bond acceptors (Lipinski definition) is 13. The summed E-state index contributed by atoms with van der Waals surface area (Å²) in [5.74, 6) is -3.97. The van der Waals surface area contributed by atoms with E-state index in [9.17, 15) is 10.2 Å². The van der Waals surface area contributed by atoms with E-state index in [0.29, 0.717) is 0 Å². The van der Waals surface area contributed by atoms with Crippen LogP contribution in [-0.2, 0) is 5.66 Å². The maximum atomic E-state index is 10.8. The highest BCUT2D eigenvalue weighted by molar-refractivity contribution is 6.57. The van der Waals surface area contributed by atoms with Gasteiger partial charge in [-0.3, -0.25) is 22.3 Å². The van der Waals surface area contributed by atoms with Gasteiger partial charge in [-0.2, -0.15) is 0 Å². The maximum absolute atomic E-state index is 10.8. The number of phenols is 2. The van der Waals surface area contributed by atoms with Gasteiger partial charge in [-0.25, -0.2) is 0 Å². The zero-order chi connectivity index (χ0) is 21.8. The van der Waals surface area contributed by atoms with Gasteiger partial charge in [0.2, 0.25) is 5.85 Å². The van der Waals surface area contributed by atoms with Crippen LogP contribution in [0, 0.1) is 10.8 Å². The summed E-state index contributed by atoms with van der Waals surface area (Å²) < 4.78 is 5.47. The topological polar surface area (TPSA) is 306 Å². The van der Waals surface area contributed by atoms with Gasteiger partial charge in [0.1, 0.15) is 5.75 Å². The molecule has 0 atom stereocenters. The molecule has 1 heterocycles. The first-order chi connectivity index (χ1) is 13.3. The zero-order valence-corrected chi connectivity index (χ0v) is 14.9. The summed E-state index contributed by atoms with van der Waals surface area (Å²) in [6.45, 7) is 0. The quantitative estimate of drug-likeness (QED) is 0.129. The molecule has 0 amide bonds. The minimum Gasteiger partial charge on any atom is -0.504 e. The van der Waals surface area contributed by atoms with Crippen LogP contribution in [0.2, 0.25) is 0 Å². The lowest BCUT2D eigenvalue weighted by Crippen LogP contribution is -2.73. The molecule has 20 N–H and O–H groups in total. The summed E-state index contributed by atoms with van der Waals surface area (Å²) in [7, 11) is 0. The van der Waals surface area contributed by atoms with Crippen molar-refractivity contribution in [3.63, 3.8) is 0 Å². The average molecular weight is 400 g/mol. The highest BCUT2D eigenvalue weighted by atomic mass is 16.5. The van der Waals surface area contributed by atoms with E-state index in [1.165, 1.54) is 0 Å². The molecular weight excluding hydrogens is 380 g/mol. The Morgan fingerprint density at radius 3 is 1.69 bits per heavy atom. The van der Waals surface area contributed by atoms with Crippen LogP contribution >= 0.6 is 0 Å². The molecule has 0 fully saturated rings. The predicted octanol–water partition coefficient (Wildman–Crippen LogP) is -2.12. The Hall–Kier alpha value is -3.78. The second kappa shape index (κ2) is 4.98. The monoisotopic (exact) mass is 400 g/mol. The van der Waals surface area contributed by atoms with Crippen LogP contribution in [0.1, 0.15) is 16.7 Å². The van der Waals surface area contributed by atoms with Gasteiger partial charge in [0, 0.05) is 16.7 Å². The van der Waals surface area contributed by atoms with Crippen LogP contribution in [-0.4, -0.2) is 27.5 Å². The first kappa shape index (κ1) is 18.6. The van der Waals surface area contributed by atoms with Crippen molar-refractivity contribution in [2.45, 2.75) is 11.5 Å². The maximum Gasteiger partial charge on any atom is 0.249 e. The molecule has 0 saturated carbocycles. The lowest BCUT2D eigenvalue weighted by Gasteiger charge is -2.31. The Kier molecular flexibility index (Phi) is 3.19. The highest BCUT2D eigenvalue weighted by Gasteiger charge is 2.56. The molecule has 0 unspecified atom stereocenters. The molecule has 2 aliphatic rings. The summed E-state index contributed by atoms with van der Waals surface area (Å²) >= 11 is 0. The Morgan fingerprint density at radius 1 is 0.655 bits per heavy atom. The third kappa shape index (κ3) is 1.86. The number of benzene rings is 2. The summed E-state index contributed by atoms with van der Waals surface area (Å²) in [5.41, 5.74) is 43.5. The van der Waals surface area contributed by atoms with Crippen molar-refractivity contribution in [2.24, 2.45) is 22.9 Å². The molecule has 13 heteroatoms. The second-order valence-electron chi connectivity index (χ2n) is 7.07. The number of hydrogen-bond donors (Lipinski definition) is 12. The minimum absolute atomic E-state index is 0.00409. The summed E-state index contributed by atoms with van der Waals surface area (Å²) in [6, 6.07) is 0. The number of nitrogens with two attached hydrogens (primary N) is 8. The molecule has 29 heavy (non-hydrogen) atoms. The number of anilines is 4.